The molecule has 216 valence electrons. The number of nitrogens with one attached hydrogen (secondary N) is 1. The zero-order valence-corrected chi connectivity index (χ0v) is 24.3. The van der Waals surface area contributed by atoms with Gasteiger partial charge < -0.3 is 14.8 Å². The lowest BCUT2D eigenvalue weighted by atomic mass is 9.88. The number of carbonyl (C=O) groups is 3. The molecule has 3 amide bonds. The molecule has 1 aliphatic heterocycles. The highest BCUT2D eigenvalue weighted by Crippen LogP contribution is 2.31. The highest BCUT2D eigenvalue weighted by atomic mass is 16.6. The lowest BCUT2D eigenvalue weighted by molar-refractivity contribution is -0.120. The minimum absolute atomic E-state index is 0.0567. The summed E-state index contributed by atoms with van der Waals surface area (Å²) in [6, 6.07) is 8.35. The first kappa shape index (κ1) is 29.3. The summed E-state index contributed by atoms with van der Waals surface area (Å²) in [5, 5.41) is 3.03. The second-order valence-electron chi connectivity index (χ2n) is 11.9. The Morgan fingerprint density at radius 3 is 2.38 bits per heavy atom. The molecule has 0 bridgehead atoms. The van der Waals surface area contributed by atoms with Crippen molar-refractivity contribution in [2.45, 2.75) is 91.3 Å². The predicted octanol–water partition coefficient (Wildman–Crippen LogP) is 6.48. The third-order valence-electron chi connectivity index (χ3n) is 7.38. The molecule has 10 heteroatoms. The largest absolute Gasteiger partial charge is 0.447 e. The van der Waals surface area contributed by atoms with E-state index in [4.69, 9.17) is 9.47 Å². The number of rotatable bonds is 7. The van der Waals surface area contributed by atoms with Gasteiger partial charge in [-0.15, -0.1) is 0 Å². The smallest absolute Gasteiger partial charge is 0.417 e. The highest BCUT2D eigenvalue weighted by molar-refractivity contribution is 5.93. The number of benzene rings is 1. The lowest BCUT2D eigenvalue weighted by Crippen LogP contribution is -2.41. The SMILES string of the molecule is CC(C)[C@H]1COC(=O)N1c1ccnc(N(C(=O)OC(C)(C)C)[C@@H](C)c2ccc(NC(=O)C3CCCCC3)cc2)n1. The molecular formula is C30H41N5O5. The second kappa shape index (κ2) is 12.2. The van der Waals surface area contributed by atoms with Gasteiger partial charge in [-0.05, 0) is 70.2 Å². The molecule has 1 saturated heterocycles. The molecule has 2 fully saturated rings. The van der Waals surface area contributed by atoms with Crippen molar-refractivity contribution >= 4 is 35.5 Å². The zero-order chi connectivity index (χ0) is 29.0. The van der Waals surface area contributed by atoms with Gasteiger partial charge in [-0.3, -0.25) is 9.69 Å². The Morgan fingerprint density at radius 2 is 1.75 bits per heavy atom. The van der Waals surface area contributed by atoms with E-state index in [0.717, 1.165) is 31.2 Å². The van der Waals surface area contributed by atoms with Gasteiger partial charge in [0, 0.05) is 17.8 Å². The van der Waals surface area contributed by atoms with Gasteiger partial charge in [-0.25, -0.2) is 19.5 Å². The van der Waals surface area contributed by atoms with E-state index in [1.165, 1.54) is 22.4 Å². The maximum atomic E-state index is 13.5. The van der Waals surface area contributed by atoms with Crippen molar-refractivity contribution in [3.8, 4) is 0 Å². The second-order valence-corrected chi connectivity index (χ2v) is 11.9. The fraction of sp³-hybridized carbons (Fsp3) is 0.567. The number of nitrogens with zero attached hydrogens (tertiary/aromatic N) is 4. The van der Waals surface area contributed by atoms with Gasteiger partial charge in [-0.1, -0.05) is 45.2 Å². The number of anilines is 3. The van der Waals surface area contributed by atoms with Gasteiger partial charge in [0.2, 0.25) is 11.9 Å². The molecule has 0 spiro atoms. The minimum Gasteiger partial charge on any atom is -0.447 e. The first-order valence-electron chi connectivity index (χ1n) is 14.2. The van der Waals surface area contributed by atoms with Crippen LogP contribution in [-0.2, 0) is 14.3 Å². The molecular weight excluding hydrogens is 510 g/mol. The fourth-order valence-corrected chi connectivity index (χ4v) is 5.11. The van der Waals surface area contributed by atoms with Gasteiger partial charge >= 0.3 is 12.2 Å². The molecule has 4 rings (SSSR count). The van der Waals surface area contributed by atoms with Gasteiger partial charge in [0.15, 0.2) is 0 Å². The molecule has 2 atom stereocenters. The van der Waals surface area contributed by atoms with Crippen LogP contribution in [0.1, 0.15) is 85.3 Å². The van der Waals surface area contributed by atoms with E-state index < -0.39 is 23.8 Å². The number of ether oxygens (including phenoxy) is 2. The minimum atomic E-state index is -0.749. The summed E-state index contributed by atoms with van der Waals surface area (Å²) in [7, 11) is 0. The van der Waals surface area contributed by atoms with Gasteiger partial charge in [0.1, 0.15) is 18.0 Å². The highest BCUT2D eigenvalue weighted by Gasteiger charge is 2.38. The standard InChI is InChI=1S/C30H41N5O5/c1-19(2)24-18-39-28(37)35(24)25-16-17-31-27(33-25)34(29(38)40-30(4,5)6)20(3)21-12-14-23(15-13-21)32-26(36)22-10-8-7-9-11-22/h12-17,19-20,22,24H,7-11,18H2,1-6H3,(H,32,36)/t20-,24+/m0/s1. The van der Waals surface area contributed by atoms with Crippen LogP contribution in [0.25, 0.3) is 0 Å². The summed E-state index contributed by atoms with van der Waals surface area (Å²) in [4.78, 5) is 50.7. The lowest BCUT2D eigenvalue weighted by Gasteiger charge is -2.31. The molecule has 10 nitrogen and oxygen atoms in total. The maximum Gasteiger partial charge on any atom is 0.417 e. The summed E-state index contributed by atoms with van der Waals surface area (Å²) in [6.45, 7) is 11.5. The number of hydrogen-bond acceptors (Lipinski definition) is 7. The van der Waals surface area contributed by atoms with Gasteiger partial charge in [0.25, 0.3) is 0 Å². The number of amides is 3. The zero-order valence-electron chi connectivity index (χ0n) is 24.3. The average Bonchev–Trinajstić information content (AvgIpc) is 3.30. The first-order valence-corrected chi connectivity index (χ1v) is 14.2. The Hall–Kier alpha value is -3.69. The van der Waals surface area contributed by atoms with Gasteiger partial charge in [-0.2, -0.15) is 4.98 Å². The van der Waals surface area contributed by atoms with E-state index in [2.05, 4.69) is 15.3 Å². The Bertz CT molecular complexity index is 1200. The third-order valence-corrected chi connectivity index (χ3v) is 7.38. The van der Waals surface area contributed by atoms with Crippen LogP contribution in [0.2, 0.25) is 0 Å². The summed E-state index contributed by atoms with van der Waals surface area (Å²) < 4.78 is 11.0. The number of hydrogen-bond donors (Lipinski definition) is 1. The summed E-state index contributed by atoms with van der Waals surface area (Å²) in [6.07, 6.45) is 5.66. The van der Waals surface area contributed by atoms with Gasteiger partial charge in [0.05, 0.1) is 12.1 Å². The molecule has 0 radical (unpaired) electrons. The van der Waals surface area contributed by atoms with E-state index in [1.807, 2.05) is 45.0 Å². The molecule has 0 unspecified atom stereocenters. The monoisotopic (exact) mass is 551 g/mol. The topological polar surface area (TPSA) is 114 Å². The average molecular weight is 552 g/mol. The molecule has 1 N–H and O–H groups in total. The van der Waals surface area contributed by atoms with Crippen molar-refractivity contribution in [3.63, 3.8) is 0 Å². The fourth-order valence-electron chi connectivity index (χ4n) is 5.11. The third kappa shape index (κ3) is 6.89. The van der Waals surface area contributed by atoms with E-state index in [9.17, 15) is 14.4 Å². The van der Waals surface area contributed by atoms with Crippen LogP contribution in [0.4, 0.5) is 27.0 Å². The molecule has 1 saturated carbocycles. The number of aromatic nitrogens is 2. The summed E-state index contributed by atoms with van der Waals surface area (Å²) >= 11 is 0. The molecule has 1 aromatic carbocycles. The molecule has 1 aromatic heterocycles. The number of carbonyl (C=O) groups excluding carboxylic acids is 3. The number of cyclic esters (lactones) is 1. The summed E-state index contributed by atoms with van der Waals surface area (Å²) in [5.41, 5.74) is 0.763. The Kier molecular flexibility index (Phi) is 8.95. The van der Waals surface area contributed by atoms with Crippen molar-refractivity contribution in [2.24, 2.45) is 11.8 Å². The van der Waals surface area contributed by atoms with E-state index in [-0.39, 0.29) is 36.3 Å². The Balaban J connectivity index is 1.60. The van der Waals surface area contributed by atoms with Crippen LogP contribution < -0.4 is 15.1 Å². The molecule has 40 heavy (non-hydrogen) atoms. The maximum absolute atomic E-state index is 13.5. The van der Waals surface area contributed by atoms with E-state index >= 15 is 0 Å². The van der Waals surface area contributed by atoms with E-state index in [0.29, 0.717) is 11.5 Å². The van der Waals surface area contributed by atoms with Crippen molar-refractivity contribution in [1.82, 2.24) is 9.97 Å². The van der Waals surface area contributed by atoms with E-state index in [1.54, 1.807) is 26.8 Å². The molecule has 2 aliphatic rings. The normalized spacial score (nSPS) is 18.8. The Labute approximate surface area is 236 Å². The van der Waals surface area contributed by atoms with Crippen LogP contribution in [0.3, 0.4) is 0 Å². The van der Waals surface area contributed by atoms with Crippen LogP contribution >= 0.6 is 0 Å². The first-order chi connectivity index (χ1) is 18.9. The van der Waals surface area contributed by atoms with Crippen molar-refractivity contribution in [1.29, 1.82) is 0 Å². The van der Waals surface area contributed by atoms with Crippen molar-refractivity contribution < 1.29 is 23.9 Å². The molecule has 2 heterocycles. The molecule has 1 aliphatic carbocycles. The van der Waals surface area contributed by atoms with Crippen molar-refractivity contribution in [3.05, 3.63) is 42.1 Å². The Morgan fingerprint density at radius 1 is 1.07 bits per heavy atom. The van der Waals surface area contributed by atoms with Crippen LogP contribution in [0.15, 0.2) is 36.5 Å². The predicted molar refractivity (Wildman–Crippen MR) is 153 cm³/mol. The van der Waals surface area contributed by atoms with Crippen LogP contribution in [0.5, 0.6) is 0 Å². The summed E-state index contributed by atoms with van der Waals surface area (Å²) in [5.74, 6) is 0.718. The van der Waals surface area contributed by atoms with Crippen molar-refractivity contribution in [2.75, 3.05) is 21.7 Å². The quantitative estimate of drug-likeness (QED) is 0.419. The van der Waals surface area contributed by atoms with Crippen LogP contribution in [-0.4, -0.2) is 46.3 Å². The van der Waals surface area contributed by atoms with Crippen LogP contribution in [0, 0.1) is 11.8 Å². The molecule has 2 aromatic rings.